The molecule has 1 atom stereocenters. The van der Waals surface area contributed by atoms with Crippen LogP contribution < -0.4 is 0 Å². The first-order valence-electron chi connectivity index (χ1n) is 11.6. The van der Waals surface area contributed by atoms with Crippen molar-refractivity contribution in [2.75, 3.05) is 13.2 Å². The first-order chi connectivity index (χ1) is 15.5. The van der Waals surface area contributed by atoms with Crippen molar-refractivity contribution >= 4 is 17.9 Å². The molecular weight excluding hydrogens is 408 g/mol. The molecule has 0 fully saturated rings. The van der Waals surface area contributed by atoms with Gasteiger partial charge in [0.05, 0.1) is 19.3 Å². The smallest absolute Gasteiger partial charge is 0.310 e. The van der Waals surface area contributed by atoms with E-state index in [2.05, 4.69) is 26.8 Å². The van der Waals surface area contributed by atoms with E-state index in [4.69, 9.17) is 14.2 Å². The van der Waals surface area contributed by atoms with Gasteiger partial charge in [-0.05, 0) is 25.7 Å². The van der Waals surface area contributed by atoms with Gasteiger partial charge in [0.1, 0.15) is 13.2 Å². The summed E-state index contributed by atoms with van der Waals surface area (Å²) < 4.78 is 15.8. The molecule has 0 aromatic heterocycles. The van der Waals surface area contributed by atoms with Gasteiger partial charge in [0.15, 0.2) is 6.10 Å². The van der Waals surface area contributed by atoms with Gasteiger partial charge in [-0.25, -0.2) is 0 Å². The Labute approximate surface area is 193 Å². The molecule has 180 valence electrons. The zero-order valence-electron chi connectivity index (χ0n) is 19.9. The maximum absolute atomic E-state index is 12.1. The lowest BCUT2D eigenvalue weighted by Crippen LogP contribution is -2.30. The first kappa shape index (κ1) is 29.4. The second kappa shape index (κ2) is 21.6. The summed E-state index contributed by atoms with van der Waals surface area (Å²) in [6.07, 6.45) is 20.1. The summed E-state index contributed by atoms with van der Waals surface area (Å²) in [5, 5.41) is 0. The summed E-state index contributed by atoms with van der Waals surface area (Å²) in [4.78, 5) is 35.9. The molecule has 6 nitrogen and oxygen atoms in total. The van der Waals surface area contributed by atoms with Crippen LogP contribution in [0.2, 0.25) is 0 Å². The van der Waals surface area contributed by atoms with Crippen LogP contribution in [-0.4, -0.2) is 37.2 Å². The zero-order chi connectivity index (χ0) is 23.9. The van der Waals surface area contributed by atoms with E-state index in [0.717, 1.165) is 38.5 Å². The van der Waals surface area contributed by atoms with Crippen LogP contribution in [0.25, 0.3) is 0 Å². The SMILES string of the molecule is CC/C=C/CC=CCC(=O)OCC(COC(=O)CC=CCCC)OC(=O)CC=CCCC. The van der Waals surface area contributed by atoms with Crippen LogP contribution in [0.15, 0.2) is 48.6 Å². The molecule has 0 rings (SSSR count). The molecule has 0 aliphatic carbocycles. The number of rotatable bonds is 18. The molecule has 6 heteroatoms. The van der Waals surface area contributed by atoms with Crippen molar-refractivity contribution in [3.05, 3.63) is 48.6 Å². The van der Waals surface area contributed by atoms with Crippen molar-refractivity contribution < 1.29 is 28.6 Å². The van der Waals surface area contributed by atoms with Crippen molar-refractivity contribution in [3.63, 3.8) is 0 Å². The van der Waals surface area contributed by atoms with Crippen LogP contribution in [-0.2, 0) is 28.6 Å². The number of ether oxygens (including phenoxy) is 3. The summed E-state index contributed by atoms with van der Waals surface area (Å²) in [6.45, 7) is 5.85. The van der Waals surface area contributed by atoms with E-state index < -0.39 is 24.0 Å². The van der Waals surface area contributed by atoms with Gasteiger partial charge in [-0.15, -0.1) is 0 Å². The van der Waals surface area contributed by atoms with E-state index in [9.17, 15) is 14.4 Å². The standard InChI is InChI=1S/C26H40O6/c1-4-7-10-13-14-17-19-25(28)31-22-23(32-26(29)20-16-12-9-6-3)21-30-24(27)18-15-11-8-5-2/h7,10-12,14-17,23H,4-6,8-9,13,18-22H2,1-3H3/b10-7+,15-11?,16-12?,17-14?. The zero-order valence-corrected chi connectivity index (χ0v) is 19.9. The van der Waals surface area contributed by atoms with Crippen molar-refractivity contribution in [1.29, 1.82) is 0 Å². The molecular formula is C26H40O6. The van der Waals surface area contributed by atoms with Crippen molar-refractivity contribution in [1.82, 2.24) is 0 Å². The Hall–Kier alpha value is -2.63. The number of unbranched alkanes of at least 4 members (excludes halogenated alkanes) is 2. The Morgan fingerprint density at radius 2 is 1.09 bits per heavy atom. The van der Waals surface area contributed by atoms with Crippen LogP contribution in [0.5, 0.6) is 0 Å². The highest BCUT2D eigenvalue weighted by molar-refractivity contribution is 5.73. The quantitative estimate of drug-likeness (QED) is 0.150. The summed E-state index contributed by atoms with van der Waals surface area (Å²) in [5.74, 6) is -1.31. The van der Waals surface area contributed by atoms with Gasteiger partial charge in [0.25, 0.3) is 0 Å². The van der Waals surface area contributed by atoms with Gasteiger partial charge in [0, 0.05) is 0 Å². The van der Waals surface area contributed by atoms with E-state index in [0.29, 0.717) is 0 Å². The third-order valence-electron chi connectivity index (χ3n) is 4.10. The second-order valence-electron chi connectivity index (χ2n) is 7.20. The largest absolute Gasteiger partial charge is 0.461 e. The van der Waals surface area contributed by atoms with Crippen molar-refractivity contribution in [2.45, 2.75) is 84.7 Å². The van der Waals surface area contributed by atoms with E-state index in [1.165, 1.54) is 0 Å². The molecule has 0 aliphatic rings. The van der Waals surface area contributed by atoms with Gasteiger partial charge in [-0.2, -0.15) is 0 Å². The number of carbonyl (C=O) groups excluding carboxylic acids is 3. The van der Waals surface area contributed by atoms with Gasteiger partial charge >= 0.3 is 17.9 Å². The number of hydrogen-bond acceptors (Lipinski definition) is 6. The van der Waals surface area contributed by atoms with Crippen LogP contribution in [0.3, 0.4) is 0 Å². The minimum absolute atomic E-state index is 0.117. The Morgan fingerprint density at radius 1 is 0.625 bits per heavy atom. The van der Waals surface area contributed by atoms with Crippen molar-refractivity contribution in [2.24, 2.45) is 0 Å². The highest BCUT2D eigenvalue weighted by atomic mass is 16.6. The maximum Gasteiger partial charge on any atom is 0.310 e. The second-order valence-corrected chi connectivity index (χ2v) is 7.20. The number of allylic oxidation sites excluding steroid dienone is 5. The molecule has 0 bridgehead atoms. The lowest BCUT2D eigenvalue weighted by Gasteiger charge is -2.17. The molecule has 1 unspecified atom stereocenters. The molecule has 0 radical (unpaired) electrons. The van der Waals surface area contributed by atoms with Crippen molar-refractivity contribution in [3.8, 4) is 0 Å². The normalized spacial score (nSPS) is 12.7. The Bertz CT molecular complexity index is 630. The molecule has 0 heterocycles. The molecule has 0 aliphatic heterocycles. The molecule has 0 spiro atoms. The molecule has 0 aromatic carbocycles. The van der Waals surface area contributed by atoms with E-state index in [1.807, 2.05) is 24.3 Å². The first-order valence-corrected chi connectivity index (χ1v) is 11.6. The minimum atomic E-state index is -0.842. The number of esters is 3. The van der Waals surface area contributed by atoms with Crippen LogP contribution in [0.1, 0.15) is 78.6 Å². The highest BCUT2D eigenvalue weighted by Gasteiger charge is 2.18. The maximum atomic E-state index is 12.1. The third kappa shape index (κ3) is 19.3. The molecule has 0 N–H and O–H groups in total. The Kier molecular flexibility index (Phi) is 19.8. The van der Waals surface area contributed by atoms with Gasteiger partial charge in [-0.3, -0.25) is 14.4 Å². The minimum Gasteiger partial charge on any atom is -0.461 e. The average molecular weight is 449 g/mol. The molecule has 0 amide bonds. The predicted molar refractivity (Wildman–Crippen MR) is 127 cm³/mol. The van der Waals surface area contributed by atoms with E-state index >= 15 is 0 Å². The third-order valence-corrected chi connectivity index (χ3v) is 4.10. The summed E-state index contributed by atoms with van der Waals surface area (Å²) in [7, 11) is 0. The lowest BCUT2D eigenvalue weighted by atomic mass is 10.3. The summed E-state index contributed by atoms with van der Waals surface area (Å²) >= 11 is 0. The van der Waals surface area contributed by atoms with Gasteiger partial charge in [-0.1, -0.05) is 82.2 Å². The Morgan fingerprint density at radius 3 is 1.59 bits per heavy atom. The summed E-state index contributed by atoms with van der Waals surface area (Å²) in [6, 6.07) is 0. The topological polar surface area (TPSA) is 78.9 Å². The lowest BCUT2D eigenvalue weighted by molar-refractivity contribution is -0.165. The summed E-state index contributed by atoms with van der Waals surface area (Å²) in [5.41, 5.74) is 0. The van der Waals surface area contributed by atoms with E-state index in [-0.39, 0.29) is 32.5 Å². The molecule has 32 heavy (non-hydrogen) atoms. The fraction of sp³-hybridized carbons (Fsp3) is 0.577. The van der Waals surface area contributed by atoms with Gasteiger partial charge in [0.2, 0.25) is 0 Å². The fourth-order valence-corrected chi connectivity index (χ4v) is 2.39. The monoisotopic (exact) mass is 448 g/mol. The van der Waals surface area contributed by atoms with Gasteiger partial charge < -0.3 is 14.2 Å². The van der Waals surface area contributed by atoms with Crippen LogP contribution in [0, 0.1) is 0 Å². The number of carbonyl (C=O) groups is 3. The molecule has 0 saturated carbocycles. The molecule has 0 saturated heterocycles. The van der Waals surface area contributed by atoms with Crippen LogP contribution >= 0.6 is 0 Å². The fourth-order valence-electron chi connectivity index (χ4n) is 2.39. The van der Waals surface area contributed by atoms with Crippen LogP contribution in [0.4, 0.5) is 0 Å². The number of hydrogen-bond donors (Lipinski definition) is 0. The predicted octanol–water partition coefficient (Wildman–Crippen LogP) is 5.78. The highest BCUT2D eigenvalue weighted by Crippen LogP contribution is 2.04. The molecule has 0 aromatic rings. The Balaban J connectivity index is 4.59. The van der Waals surface area contributed by atoms with E-state index in [1.54, 1.807) is 18.2 Å². The average Bonchev–Trinajstić information content (AvgIpc) is 2.78.